The number of rotatable bonds is 2. The van der Waals surface area contributed by atoms with E-state index in [1.807, 2.05) is 12.1 Å². The number of nitrogens with two attached hydrogens (primary N) is 1. The molecule has 2 N–H and O–H groups in total. The minimum absolute atomic E-state index is 0.456. The first-order valence-corrected chi connectivity index (χ1v) is 7.94. The van der Waals surface area contributed by atoms with Gasteiger partial charge in [-0.2, -0.15) is 0 Å². The monoisotopic (exact) mass is 422 g/mol. The van der Waals surface area contributed by atoms with E-state index in [0.717, 1.165) is 24.9 Å². The van der Waals surface area contributed by atoms with E-state index >= 15 is 0 Å². The normalized spacial score (nSPS) is 17.7. The van der Waals surface area contributed by atoms with Crippen LogP contribution in [0.2, 0.25) is 0 Å². The summed E-state index contributed by atoms with van der Waals surface area (Å²) in [6, 6.07) is 3.96. The van der Waals surface area contributed by atoms with E-state index in [1.54, 1.807) is 0 Å². The maximum Gasteiger partial charge on any atom is 0.103 e. The molecule has 0 amide bonds. The molecular formula is C12H13Br3N2. The number of nitrogens with zero attached hydrogens (tertiary/aromatic N) is 1. The number of hydrogen-bond acceptors (Lipinski definition) is 1. The van der Waals surface area contributed by atoms with E-state index in [4.69, 9.17) is 5.73 Å². The Morgan fingerprint density at radius 2 is 1.65 bits per heavy atom. The van der Waals surface area contributed by atoms with Gasteiger partial charge in [0.2, 0.25) is 0 Å². The van der Waals surface area contributed by atoms with Crippen LogP contribution in [0.1, 0.15) is 25.7 Å². The average molecular weight is 425 g/mol. The zero-order chi connectivity index (χ0) is 12.4. The highest BCUT2D eigenvalue weighted by atomic mass is 79.9. The van der Waals surface area contributed by atoms with Crippen molar-refractivity contribution in [3.8, 4) is 0 Å². The lowest BCUT2D eigenvalue weighted by Gasteiger charge is -2.10. The smallest absolute Gasteiger partial charge is 0.103 e. The molecule has 0 atom stereocenters. The first-order chi connectivity index (χ1) is 8.08. The zero-order valence-electron chi connectivity index (χ0n) is 9.22. The van der Waals surface area contributed by atoms with Crippen molar-refractivity contribution in [2.24, 2.45) is 16.6 Å². The summed E-state index contributed by atoms with van der Waals surface area (Å²) in [6.45, 7) is 0. The summed E-state index contributed by atoms with van der Waals surface area (Å²) in [5.41, 5.74) is 6.96. The van der Waals surface area contributed by atoms with E-state index < -0.39 is 0 Å². The van der Waals surface area contributed by atoms with Crippen LogP contribution in [0.5, 0.6) is 0 Å². The SMILES string of the molecule is NC(=Nc1c(Br)cc(Br)cc1Br)C1CCCC1. The first kappa shape index (κ1) is 13.6. The van der Waals surface area contributed by atoms with Gasteiger partial charge in [-0.1, -0.05) is 28.8 Å². The van der Waals surface area contributed by atoms with Crippen LogP contribution in [0.4, 0.5) is 5.69 Å². The molecule has 0 bridgehead atoms. The second-order valence-corrected chi connectivity index (χ2v) is 6.86. The van der Waals surface area contributed by atoms with E-state index in [-0.39, 0.29) is 0 Å². The molecule has 0 saturated heterocycles. The third-order valence-corrected chi connectivity index (χ3v) is 4.66. The molecule has 5 heteroatoms. The molecule has 1 fully saturated rings. The van der Waals surface area contributed by atoms with Gasteiger partial charge in [0.25, 0.3) is 0 Å². The van der Waals surface area contributed by atoms with Crippen molar-refractivity contribution in [2.45, 2.75) is 25.7 Å². The molecule has 0 spiro atoms. The van der Waals surface area contributed by atoms with Crippen molar-refractivity contribution in [1.82, 2.24) is 0 Å². The molecular weight excluding hydrogens is 412 g/mol. The Hall–Kier alpha value is 0.130. The van der Waals surface area contributed by atoms with E-state index in [0.29, 0.717) is 5.92 Å². The third kappa shape index (κ3) is 3.32. The minimum atomic E-state index is 0.456. The fraction of sp³-hybridized carbons (Fsp3) is 0.417. The van der Waals surface area contributed by atoms with Crippen LogP contribution in [0.15, 0.2) is 30.5 Å². The molecule has 17 heavy (non-hydrogen) atoms. The summed E-state index contributed by atoms with van der Waals surface area (Å²) in [5, 5.41) is 0. The van der Waals surface area contributed by atoms with E-state index in [1.165, 1.54) is 25.7 Å². The maximum atomic E-state index is 6.08. The molecule has 0 radical (unpaired) electrons. The topological polar surface area (TPSA) is 38.4 Å². The Morgan fingerprint density at radius 1 is 1.12 bits per heavy atom. The third-order valence-electron chi connectivity index (χ3n) is 3.00. The molecule has 1 aliphatic rings. The van der Waals surface area contributed by atoms with Crippen molar-refractivity contribution in [3.63, 3.8) is 0 Å². The Bertz CT molecular complexity index is 428. The van der Waals surface area contributed by atoms with Crippen LogP contribution in [0.3, 0.4) is 0 Å². The van der Waals surface area contributed by atoms with Crippen molar-refractivity contribution < 1.29 is 0 Å². The van der Waals surface area contributed by atoms with Gasteiger partial charge in [-0.3, -0.25) is 0 Å². The molecule has 92 valence electrons. The van der Waals surface area contributed by atoms with Crippen molar-refractivity contribution >= 4 is 59.3 Å². The molecule has 0 heterocycles. The standard InChI is InChI=1S/C12H13Br3N2/c13-8-5-9(14)11(10(15)6-8)17-12(16)7-3-1-2-4-7/h5-7H,1-4H2,(H2,16,17). The fourth-order valence-corrected chi connectivity index (χ4v) is 4.52. The maximum absolute atomic E-state index is 6.08. The van der Waals surface area contributed by atoms with Crippen molar-refractivity contribution in [2.75, 3.05) is 0 Å². The molecule has 2 nitrogen and oxygen atoms in total. The average Bonchev–Trinajstić information content (AvgIpc) is 2.76. The van der Waals surface area contributed by atoms with Gasteiger partial charge >= 0.3 is 0 Å². The quantitative estimate of drug-likeness (QED) is 0.517. The predicted molar refractivity (Wildman–Crippen MR) is 82.8 cm³/mol. The van der Waals surface area contributed by atoms with Gasteiger partial charge in [0.1, 0.15) is 5.84 Å². The number of aliphatic imine (C=N–C) groups is 1. The Labute approximate surface area is 126 Å². The lowest BCUT2D eigenvalue weighted by atomic mass is 10.1. The van der Waals surface area contributed by atoms with E-state index in [9.17, 15) is 0 Å². The number of amidine groups is 1. The molecule has 2 rings (SSSR count). The van der Waals surface area contributed by atoms with Gasteiger partial charge in [-0.25, -0.2) is 4.99 Å². The number of hydrogen-bond donors (Lipinski definition) is 1. The molecule has 0 aromatic heterocycles. The lowest BCUT2D eigenvalue weighted by Crippen LogP contribution is -2.20. The van der Waals surface area contributed by atoms with Crippen molar-refractivity contribution in [3.05, 3.63) is 25.6 Å². The van der Waals surface area contributed by atoms with Gasteiger partial charge in [0.05, 0.1) is 5.69 Å². The van der Waals surface area contributed by atoms with Crippen molar-refractivity contribution in [1.29, 1.82) is 0 Å². The van der Waals surface area contributed by atoms with Crippen LogP contribution in [-0.2, 0) is 0 Å². The van der Waals surface area contributed by atoms with Gasteiger partial charge < -0.3 is 5.73 Å². The largest absolute Gasteiger partial charge is 0.387 e. The van der Waals surface area contributed by atoms with Gasteiger partial charge in [-0.15, -0.1) is 0 Å². The summed E-state index contributed by atoms with van der Waals surface area (Å²) in [5.74, 6) is 1.21. The Kier molecular flexibility index (Phi) is 4.66. The lowest BCUT2D eigenvalue weighted by molar-refractivity contribution is 0.722. The highest BCUT2D eigenvalue weighted by molar-refractivity contribution is 9.11. The molecule has 0 aliphatic heterocycles. The summed E-state index contributed by atoms with van der Waals surface area (Å²) in [7, 11) is 0. The van der Waals surface area contributed by atoms with Gasteiger partial charge in [0.15, 0.2) is 0 Å². The Morgan fingerprint density at radius 3 is 2.18 bits per heavy atom. The molecule has 1 aromatic rings. The molecule has 0 unspecified atom stereocenters. The van der Waals surface area contributed by atoms with Crippen LogP contribution >= 0.6 is 47.8 Å². The highest BCUT2D eigenvalue weighted by Crippen LogP contribution is 2.37. The summed E-state index contributed by atoms with van der Waals surface area (Å²) in [6.07, 6.45) is 4.87. The first-order valence-electron chi connectivity index (χ1n) is 5.56. The minimum Gasteiger partial charge on any atom is -0.387 e. The molecule has 1 aliphatic carbocycles. The fourth-order valence-electron chi connectivity index (χ4n) is 2.08. The van der Waals surface area contributed by atoms with E-state index in [2.05, 4.69) is 52.8 Å². The summed E-state index contributed by atoms with van der Waals surface area (Å²) >= 11 is 10.5. The number of halogens is 3. The van der Waals surface area contributed by atoms with Crippen LogP contribution in [0, 0.1) is 5.92 Å². The van der Waals surface area contributed by atoms with Gasteiger partial charge in [0, 0.05) is 19.3 Å². The second kappa shape index (κ2) is 5.85. The van der Waals surface area contributed by atoms with Gasteiger partial charge in [-0.05, 0) is 56.8 Å². The van der Waals surface area contributed by atoms with Crippen LogP contribution in [-0.4, -0.2) is 5.84 Å². The van der Waals surface area contributed by atoms with Crippen LogP contribution in [0.25, 0.3) is 0 Å². The summed E-state index contributed by atoms with van der Waals surface area (Å²) in [4.78, 5) is 4.56. The molecule has 1 aromatic carbocycles. The predicted octanol–water partition coefficient (Wildman–Crippen LogP) is 5.15. The zero-order valence-corrected chi connectivity index (χ0v) is 14.0. The highest BCUT2D eigenvalue weighted by Gasteiger charge is 2.19. The Balaban J connectivity index is 2.31. The second-order valence-electron chi connectivity index (χ2n) is 4.24. The molecule has 1 saturated carbocycles. The summed E-state index contributed by atoms with van der Waals surface area (Å²) < 4.78 is 2.90. The van der Waals surface area contributed by atoms with Crippen LogP contribution < -0.4 is 5.73 Å². The number of benzene rings is 1.